The maximum absolute atomic E-state index is 11.4. The van der Waals surface area contributed by atoms with Crippen molar-refractivity contribution in [2.75, 3.05) is 26.7 Å². The molecule has 1 saturated heterocycles. The molecular formula is C10H19N3O3. The van der Waals surface area contributed by atoms with E-state index in [0.717, 1.165) is 19.4 Å². The fraction of sp³-hybridized carbons (Fsp3) is 0.800. The maximum Gasteiger partial charge on any atom is 0.321 e. The Bertz CT molecular complexity index is 270. The van der Waals surface area contributed by atoms with Crippen LogP contribution >= 0.6 is 0 Å². The molecule has 2 atom stereocenters. The number of carbonyl (C=O) groups is 2. The molecule has 0 aliphatic carbocycles. The molecule has 1 aliphatic heterocycles. The molecule has 1 amide bonds. The Morgan fingerprint density at radius 2 is 2.31 bits per heavy atom. The minimum absolute atomic E-state index is 0.0218. The first-order valence-electron chi connectivity index (χ1n) is 5.47. The van der Waals surface area contributed by atoms with Crippen molar-refractivity contribution in [2.45, 2.75) is 18.9 Å². The SMILES string of the molecule is CNC(=O)C1CCCN(CC(N)C(=O)O)C1. The smallest absolute Gasteiger partial charge is 0.321 e. The van der Waals surface area contributed by atoms with E-state index in [2.05, 4.69) is 5.32 Å². The molecule has 1 aliphatic rings. The van der Waals surface area contributed by atoms with Crippen molar-refractivity contribution < 1.29 is 14.7 Å². The number of hydrogen-bond acceptors (Lipinski definition) is 4. The van der Waals surface area contributed by atoms with Crippen molar-refractivity contribution in [2.24, 2.45) is 11.7 Å². The molecule has 4 N–H and O–H groups in total. The highest BCUT2D eigenvalue weighted by molar-refractivity contribution is 5.78. The predicted octanol–water partition coefficient (Wildman–Crippen LogP) is -1.14. The lowest BCUT2D eigenvalue weighted by atomic mass is 9.97. The number of nitrogens with two attached hydrogens (primary N) is 1. The van der Waals surface area contributed by atoms with Crippen LogP contribution in [0.4, 0.5) is 0 Å². The number of carboxylic acids is 1. The molecule has 6 nitrogen and oxygen atoms in total. The third-order valence-electron chi connectivity index (χ3n) is 2.89. The molecule has 2 unspecified atom stereocenters. The van der Waals surface area contributed by atoms with Gasteiger partial charge in [-0.2, -0.15) is 0 Å². The van der Waals surface area contributed by atoms with E-state index in [-0.39, 0.29) is 11.8 Å². The predicted molar refractivity (Wildman–Crippen MR) is 58.8 cm³/mol. The van der Waals surface area contributed by atoms with Crippen molar-refractivity contribution in [3.63, 3.8) is 0 Å². The van der Waals surface area contributed by atoms with E-state index in [9.17, 15) is 9.59 Å². The van der Waals surface area contributed by atoms with Crippen LogP contribution in [-0.4, -0.2) is 54.6 Å². The van der Waals surface area contributed by atoms with Gasteiger partial charge in [-0.15, -0.1) is 0 Å². The first-order chi connectivity index (χ1) is 7.54. The van der Waals surface area contributed by atoms with Crippen molar-refractivity contribution in [1.82, 2.24) is 10.2 Å². The summed E-state index contributed by atoms with van der Waals surface area (Å²) < 4.78 is 0. The fourth-order valence-electron chi connectivity index (χ4n) is 2.00. The maximum atomic E-state index is 11.4. The third kappa shape index (κ3) is 3.46. The summed E-state index contributed by atoms with van der Waals surface area (Å²) in [6, 6.07) is -0.872. The number of aliphatic carboxylic acids is 1. The number of piperidine rings is 1. The zero-order valence-corrected chi connectivity index (χ0v) is 9.48. The highest BCUT2D eigenvalue weighted by atomic mass is 16.4. The Balaban J connectivity index is 2.44. The monoisotopic (exact) mass is 229 g/mol. The van der Waals surface area contributed by atoms with Crippen LogP contribution < -0.4 is 11.1 Å². The Hall–Kier alpha value is -1.14. The Morgan fingerprint density at radius 1 is 1.62 bits per heavy atom. The molecule has 0 radical (unpaired) electrons. The molecule has 0 spiro atoms. The normalized spacial score (nSPS) is 23.8. The molecule has 1 heterocycles. The first-order valence-corrected chi connectivity index (χ1v) is 5.47. The molecule has 0 aromatic rings. The van der Waals surface area contributed by atoms with E-state index in [0.29, 0.717) is 13.1 Å². The summed E-state index contributed by atoms with van der Waals surface area (Å²) in [5.74, 6) is -1.02. The number of rotatable bonds is 4. The van der Waals surface area contributed by atoms with Crippen molar-refractivity contribution in [3.8, 4) is 0 Å². The second-order valence-corrected chi connectivity index (χ2v) is 4.16. The van der Waals surface area contributed by atoms with Gasteiger partial charge in [0.05, 0.1) is 5.92 Å². The van der Waals surface area contributed by atoms with Gasteiger partial charge in [0, 0.05) is 20.1 Å². The number of nitrogens with one attached hydrogen (secondary N) is 1. The number of amides is 1. The minimum Gasteiger partial charge on any atom is -0.480 e. The molecule has 16 heavy (non-hydrogen) atoms. The molecule has 6 heteroatoms. The van der Waals surface area contributed by atoms with Gasteiger partial charge in [0.2, 0.25) is 5.91 Å². The van der Waals surface area contributed by atoms with Crippen LogP contribution in [0.1, 0.15) is 12.8 Å². The van der Waals surface area contributed by atoms with Crippen molar-refractivity contribution >= 4 is 11.9 Å². The van der Waals surface area contributed by atoms with Crippen molar-refractivity contribution in [3.05, 3.63) is 0 Å². The van der Waals surface area contributed by atoms with Gasteiger partial charge >= 0.3 is 5.97 Å². The molecule has 1 rings (SSSR count). The lowest BCUT2D eigenvalue weighted by molar-refractivity contribution is -0.139. The standard InChI is InChI=1S/C10H19N3O3/c1-12-9(14)7-3-2-4-13(5-7)6-8(11)10(15)16/h7-8H,2-6,11H2,1H3,(H,12,14)(H,15,16). The minimum atomic E-state index is -0.998. The van der Waals surface area contributed by atoms with E-state index < -0.39 is 12.0 Å². The quantitative estimate of drug-likeness (QED) is 0.566. The lowest BCUT2D eigenvalue weighted by Crippen LogP contribution is -2.48. The van der Waals surface area contributed by atoms with Crippen LogP contribution in [0.2, 0.25) is 0 Å². The van der Waals surface area contributed by atoms with Crippen LogP contribution in [0.3, 0.4) is 0 Å². The summed E-state index contributed by atoms with van der Waals surface area (Å²) >= 11 is 0. The fourth-order valence-corrected chi connectivity index (χ4v) is 2.00. The highest BCUT2D eigenvalue weighted by Gasteiger charge is 2.27. The first kappa shape index (κ1) is 12.9. The van der Waals surface area contributed by atoms with Crippen LogP contribution in [0.25, 0.3) is 0 Å². The highest BCUT2D eigenvalue weighted by Crippen LogP contribution is 2.16. The summed E-state index contributed by atoms with van der Waals surface area (Å²) in [6.07, 6.45) is 1.77. The number of carbonyl (C=O) groups excluding carboxylic acids is 1. The van der Waals surface area contributed by atoms with Gasteiger partial charge in [0.15, 0.2) is 0 Å². The number of hydrogen-bond donors (Lipinski definition) is 3. The van der Waals surface area contributed by atoms with Crippen LogP contribution in [0.5, 0.6) is 0 Å². The zero-order chi connectivity index (χ0) is 12.1. The van der Waals surface area contributed by atoms with Gasteiger partial charge in [-0.1, -0.05) is 0 Å². The Kier molecular flexibility index (Phi) is 4.70. The van der Waals surface area contributed by atoms with Crippen LogP contribution in [0.15, 0.2) is 0 Å². The van der Waals surface area contributed by atoms with E-state index in [1.54, 1.807) is 7.05 Å². The molecule has 92 valence electrons. The van der Waals surface area contributed by atoms with E-state index in [1.807, 2.05) is 4.90 Å². The van der Waals surface area contributed by atoms with Gasteiger partial charge in [-0.3, -0.25) is 9.59 Å². The van der Waals surface area contributed by atoms with Gasteiger partial charge in [0.1, 0.15) is 6.04 Å². The molecule has 1 fully saturated rings. The largest absolute Gasteiger partial charge is 0.480 e. The average molecular weight is 229 g/mol. The molecular weight excluding hydrogens is 210 g/mol. The molecule has 0 saturated carbocycles. The third-order valence-corrected chi connectivity index (χ3v) is 2.89. The number of nitrogens with zero attached hydrogens (tertiary/aromatic N) is 1. The topological polar surface area (TPSA) is 95.7 Å². The summed E-state index contributed by atoms with van der Waals surface area (Å²) in [7, 11) is 1.62. The number of likely N-dealkylation sites (tertiary alicyclic amines) is 1. The summed E-state index contributed by atoms with van der Waals surface area (Å²) in [4.78, 5) is 24.0. The molecule has 0 aromatic carbocycles. The van der Waals surface area contributed by atoms with Gasteiger partial charge in [-0.25, -0.2) is 0 Å². The van der Waals surface area contributed by atoms with Crippen LogP contribution in [0, 0.1) is 5.92 Å². The van der Waals surface area contributed by atoms with E-state index in [4.69, 9.17) is 10.8 Å². The van der Waals surface area contributed by atoms with Crippen LogP contribution in [-0.2, 0) is 9.59 Å². The van der Waals surface area contributed by atoms with Gasteiger partial charge in [0.25, 0.3) is 0 Å². The summed E-state index contributed by atoms with van der Waals surface area (Å²) in [5.41, 5.74) is 5.46. The second-order valence-electron chi connectivity index (χ2n) is 4.16. The van der Waals surface area contributed by atoms with E-state index in [1.165, 1.54) is 0 Å². The Morgan fingerprint density at radius 3 is 2.88 bits per heavy atom. The molecule has 0 bridgehead atoms. The molecule has 0 aromatic heterocycles. The van der Waals surface area contributed by atoms with Gasteiger partial charge < -0.3 is 21.1 Å². The van der Waals surface area contributed by atoms with E-state index >= 15 is 0 Å². The summed E-state index contributed by atoms with van der Waals surface area (Å²) in [6.45, 7) is 1.72. The summed E-state index contributed by atoms with van der Waals surface area (Å²) in [5, 5.41) is 11.3. The van der Waals surface area contributed by atoms with Crippen molar-refractivity contribution in [1.29, 1.82) is 0 Å². The Labute approximate surface area is 94.8 Å². The zero-order valence-electron chi connectivity index (χ0n) is 9.48. The average Bonchev–Trinajstić information content (AvgIpc) is 2.28. The second kappa shape index (κ2) is 5.81. The van der Waals surface area contributed by atoms with Gasteiger partial charge in [-0.05, 0) is 19.4 Å². The lowest BCUT2D eigenvalue weighted by Gasteiger charge is -2.32. The number of carboxylic acid groups (broad SMARTS) is 1.